The molecule has 1 saturated heterocycles. The minimum atomic E-state index is -0.637. The van der Waals surface area contributed by atoms with Gasteiger partial charge in [0.05, 0.1) is 19.8 Å². The molecule has 0 spiro atoms. The van der Waals surface area contributed by atoms with Crippen LogP contribution in [0.5, 0.6) is 0 Å². The molecule has 1 aromatic heterocycles. The number of nitrogens with zero attached hydrogens (tertiary/aromatic N) is 4. The van der Waals surface area contributed by atoms with Gasteiger partial charge < -0.3 is 25.0 Å². The fraction of sp³-hybridized carbons (Fsp3) is 0.571. The fourth-order valence-corrected chi connectivity index (χ4v) is 2.19. The number of carbonyl (C=O) groups is 2. The molecule has 9 heteroatoms. The van der Waals surface area contributed by atoms with Crippen LogP contribution in [0, 0.1) is 0 Å². The third-order valence-corrected chi connectivity index (χ3v) is 3.36. The predicted octanol–water partition coefficient (Wildman–Crippen LogP) is -1.75. The van der Waals surface area contributed by atoms with Crippen LogP contribution in [0.2, 0.25) is 0 Å². The highest BCUT2D eigenvalue weighted by atomic mass is 16.5. The van der Waals surface area contributed by atoms with E-state index in [0.717, 1.165) is 0 Å². The Kier molecular flexibility index (Phi) is 6.70. The molecule has 0 radical (unpaired) electrons. The summed E-state index contributed by atoms with van der Waals surface area (Å²) >= 11 is 0. The maximum atomic E-state index is 12.0. The third-order valence-electron chi connectivity index (χ3n) is 3.36. The van der Waals surface area contributed by atoms with Gasteiger partial charge in [-0.1, -0.05) is 0 Å². The van der Waals surface area contributed by atoms with Gasteiger partial charge in [0.1, 0.15) is 0 Å². The lowest BCUT2D eigenvalue weighted by molar-refractivity contribution is -0.146. The molecule has 2 amide bonds. The molecule has 0 unspecified atom stereocenters. The van der Waals surface area contributed by atoms with E-state index in [2.05, 4.69) is 15.3 Å². The zero-order chi connectivity index (χ0) is 16.5. The molecule has 0 aliphatic carbocycles. The number of carbonyl (C=O) groups excluding carboxylic acids is 2. The van der Waals surface area contributed by atoms with Gasteiger partial charge in [0.25, 0.3) is 0 Å². The number of aromatic nitrogens is 2. The van der Waals surface area contributed by atoms with Gasteiger partial charge in [-0.3, -0.25) is 9.59 Å². The van der Waals surface area contributed by atoms with Gasteiger partial charge in [-0.2, -0.15) is 0 Å². The van der Waals surface area contributed by atoms with Crippen molar-refractivity contribution in [3.05, 3.63) is 18.5 Å². The van der Waals surface area contributed by atoms with Gasteiger partial charge in [-0.25, -0.2) is 9.97 Å². The van der Waals surface area contributed by atoms with Crippen LogP contribution in [-0.4, -0.2) is 84.3 Å². The summed E-state index contributed by atoms with van der Waals surface area (Å²) in [6.07, 6.45) is 3.35. The van der Waals surface area contributed by atoms with E-state index in [1.54, 1.807) is 18.5 Å². The smallest absolute Gasteiger partial charge is 0.312 e. The number of nitrogens with one attached hydrogen (secondary N) is 1. The summed E-state index contributed by atoms with van der Waals surface area (Å²) in [6, 6.07) is 1.75. The van der Waals surface area contributed by atoms with Crippen LogP contribution in [0.4, 0.5) is 5.95 Å². The predicted molar refractivity (Wildman–Crippen MR) is 81.7 cm³/mol. The van der Waals surface area contributed by atoms with E-state index in [1.807, 2.05) is 4.90 Å². The number of hydrogen-bond donors (Lipinski definition) is 2. The molecule has 1 aliphatic heterocycles. The number of rotatable bonds is 6. The molecule has 23 heavy (non-hydrogen) atoms. The summed E-state index contributed by atoms with van der Waals surface area (Å²) in [5, 5.41) is 11.1. The summed E-state index contributed by atoms with van der Waals surface area (Å²) in [4.78, 5) is 35.7. The van der Waals surface area contributed by atoms with Crippen molar-refractivity contribution >= 4 is 17.8 Å². The van der Waals surface area contributed by atoms with Gasteiger partial charge in [-0.05, 0) is 6.07 Å². The summed E-state index contributed by atoms with van der Waals surface area (Å²) in [5.74, 6) is -0.548. The highest BCUT2D eigenvalue weighted by molar-refractivity contribution is 6.35. The lowest BCUT2D eigenvalue weighted by Crippen LogP contribution is -2.53. The van der Waals surface area contributed by atoms with Gasteiger partial charge in [0, 0.05) is 45.1 Å². The fourth-order valence-electron chi connectivity index (χ4n) is 2.19. The molecular formula is C14H21N5O4. The topological polar surface area (TPSA) is 108 Å². The van der Waals surface area contributed by atoms with Crippen LogP contribution in [0.1, 0.15) is 0 Å². The molecule has 0 atom stereocenters. The summed E-state index contributed by atoms with van der Waals surface area (Å²) in [5.41, 5.74) is 0. The van der Waals surface area contributed by atoms with Gasteiger partial charge in [0.2, 0.25) is 5.95 Å². The molecule has 126 valence electrons. The maximum absolute atomic E-state index is 12.0. The maximum Gasteiger partial charge on any atom is 0.312 e. The lowest BCUT2D eigenvalue weighted by Gasteiger charge is -2.34. The molecule has 1 aliphatic rings. The van der Waals surface area contributed by atoms with Crippen molar-refractivity contribution < 1.29 is 19.4 Å². The Balaban J connectivity index is 1.71. The average Bonchev–Trinajstić information content (AvgIpc) is 2.61. The number of aliphatic hydroxyl groups is 1. The van der Waals surface area contributed by atoms with Crippen LogP contribution in [0.25, 0.3) is 0 Å². The van der Waals surface area contributed by atoms with E-state index in [1.165, 1.54) is 4.90 Å². The van der Waals surface area contributed by atoms with Crippen LogP contribution in [0.15, 0.2) is 18.5 Å². The second-order valence-corrected chi connectivity index (χ2v) is 4.92. The average molecular weight is 323 g/mol. The van der Waals surface area contributed by atoms with Gasteiger partial charge >= 0.3 is 11.8 Å². The van der Waals surface area contributed by atoms with Crippen molar-refractivity contribution in [1.29, 1.82) is 0 Å². The summed E-state index contributed by atoms with van der Waals surface area (Å²) in [7, 11) is 0. The minimum Gasteiger partial charge on any atom is -0.394 e. The molecule has 0 aromatic carbocycles. The molecular weight excluding hydrogens is 302 g/mol. The molecule has 2 heterocycles. The Bertz CT molecular complexity index is 505. The Morgan fingerprint density at radius 3 is 2.52 bits per heavy atom. The van der Waals surface area contributed by atoms with Crippen LogP contribution in [-0.2, 0) is 14.3 Å². The number of aliphatic hydroxyl groups excluding tert-OH is 1. The molecule has 9 nitrogen and oxygen atoms in total. The molecule has 0 saturated carbocycles. The minimum absolute atomic E-state index is 0.0672. The van der Waals surface area contributed by atoms with Crippen LogP contribution >= 0.6 is 0 Å². The van der Waals surface area contributed by atoms with E-state index >= 15 is 0 Å². The normalized spacial score (nSPS) is 14.7. The largest absolute Gasteiger partial charge is 0.394 e. The first-order chi connectivity index (χ1) is 11.2. The van der Waals surface area contributed by atoms with Crippen molar-refractivity contribution in [1.82, 2.24) is 20.2 Å². The monoisotopic (exact) mass is 323 g/mol. The van der Waals surface area contributed by atoms with Crippen LogP contribution < -0.4 is 10.2 Å². The zero-order valence-electron chi connectivity index (χ0n) is 12.8. The second kappa shape index (κ2) is 9.01. The first-order valence-electron chi connectivity index (χ1n) is 7.50. The van der Waals surface area contributed by atoms with E-state index in [9.17, 15) is 9.59 Å². The Morgan fingerprint density at radius 2 is 1.87 bits per heavy atom. The van der Waals surface area contributed by atoms with Crippen LogP contribution in [0.3, 0.4) is 0 Å². The molecule has 2 rings (SSSR count). The Hall–Kier alpha value is -2.26. The lowest BCUT2D eigenvalue weighted by atomic mass is 10.3. The van der Waals surface area contributed by atoms with Gasteiger partial charge in [0.15, 0.2) is 0 Å². The number of amides is 2. The van der Waals surface area contributed by atoms with Gasteiger partial charge in [-0.15, -0.1) is 0 Å². The SMILES string of the molecule is O=C(NCCOCCO)C(=O)N1CCN(c2ncccn2)CC1. The summed E-state index contributed by atoms with van der Waals surface area (Å²) < 4.78 is 5.01. The van der Waals surface area contributed by atoms with E-state index in [0.29, 0.717) is 32.1 Å². The molecule has 1 fully saturated rings. The Labute approximate surface area is 134 Å². The van der Waals surface area contributed by atoms with E-state index < -0.39 is 11.8 Å². The van der Waals surface area contributed by atoms with Crippen molar-refractivity contribution in [2.75, 3.05) is 57.4 Å². The number of ether oxygens (including phenoxy) is 1. The number of hydrogen-bond acceptors (Lipinski definition) is 7. The summed E-state index contributed by atoms with van der Waals surface area (Å²) in [6.45, 7) is 2.72. The highest BCUT2D eigenvalue weighted by Crippen LogP contribution is 2.09. The molecule has 2 N–H and O–H groups in total. The quantitative estimate of drug-likeness (QED) is 0.472. The van der Waals surface area contributed by atoms with Crippen molar-refractivity contribution in [3.63, 3.8) is 0 Å². The van der Waals surface area contributed by atoms with Crippen molar-refractivity contribution in [2.45, 2.75) is 0 Å². The zero-order valence-corrected chi connectivity index (χ0v) is 12.8. The molecule has 0 bridgehead atoms. The molecule has 1 aromatic rings. The first kappa shape index (κ1) is 17.1. The Morgan fingerprint density at radius 1 is 1.17 bits per heavy atom. The van der Waals surface area contributed by atoms with E-state index in [4.69, 9.17) is 9.84 Å². The number of anilines is 1. The third kappa shape index (κ3) is 5.15. The number of piperazine rings is 1. The van der Waals surface area contributed by atoms with Crippen molar-refractivity contribution in [2.24, 2.45) is 0 Å². The van der Waals surface area contributed by atoms with E-state index in [-0.39, 0.29) is 26.4 Å². The first-order valence-corrected chi connectivity index (χ1v) is 7.50. The second-order valence-electron chi connectivity index (χ2n) is 4.92. The van der Waals surface area contributed by atoms with Crippen molar-refractivity contribution in [3.8, 4) is 0 Å². The highest BCUT2D eigenvalue weighted by Gasteiger charge is 2.26. The standard InChI is InChI=1S/C14H21N5O4/c20-9-11-23-10-4-15-12(21)13(22)18-5-7-19(8-6-18)14-16-2-1-3-17-14/h1-3,20H,4-11H2,(H,15,21).